The molecule has 10 atom stereocenters. The van der Waals surface area contributed by atoms with Gasteiger partial charge in [-0.25, -0.2) is 0 Å². The van der Waals surface area contributed by atoms with Crippen LogP contribution in [0.25, 0.3) is 12.2 Å². The van der Waals surface area contributed by atoms with E-state index in [1.165, 1.54) is 48.6 Å². The molecule has 2 aliphatic heterocycles. The average Bonchev–Trinajstić information content (AvgIpc) is 3.25. The number of ketones is 2. The Labute approximate surface area is 395 Å². The van der Waals surface area contributed by atoms with Gasteiger partial charge in [-0.2, -0.15) is 0 Å². The molecule has 0 saturated carbocycles. The predicted octanol–water partition coefficient (Wildman–Crippen LogP) is 2.87. The normalized spacial score (nSPS) is 24.2. The molecule has 0 aromatic heterocycles. The van der Waals surface area contributed by atoms with Gasteiger partial charge in [0.15, 0.2) is 36.0 Å². The van der Waals surface area contributed by atoms with Crippen molar-refractivity contribution < 1.29 is 105 Å². The second kappa shape index (κ2) is 25.6. The Hall–Kier alpha value is -7.46. The minimum atomic E-state index is -1.46. The van der Waals surface area contributed by atoms with Gasteiger partial charge in [0, 0.05) is 55.4 Å². The molecule has 2 fully saturated rings. The molecule has 2 aromatic rings. The molecule has 4 rings (SSSR count). The number of carbonyl (C=O) groups excluding carboxylic acids is 10. The number of allylic oxidation sites excluding steroid dienone is 2. The average molecular weight is 969 g/mol. The lowest BCUT2D eigenvalue weighted by molar-refractivity contribution is -0.288. The molecule has 0 N–H and O–H groups in total. The zero-order chi connectivity index (χ0) is 50.9. The van der Waals surface area contributed by atoms with E-state index in [-0.39, 0.29) is 11.5 Å². The van der Waals surface area contributed by atoms with E-state index in [2.05, 4.69) is 0 Å². The maximum Gasteiger partial charge on any atom is 0.303 e. The van der Waals surface area contributed by atoms with Gasteiger partial charge in [0.25, 0.3) is 0 Å². The van der Waals surface area contributed by atoms with Gasteiger partial charge in [-0.05, 0) is 47.5 Å². The predicted molar refractivity (Wildman–Crippen MR) is 231 cm³/mol. The molecule has 2 aliphatic rings. The third-order valence-corrected chi connectivity index (χ3v) is 9.43. The van der Waals surface area contributed by atoms with Gasteiger partial charge in [0.05, 0.1) is 6.42 Å². The van der Waals surface area contributed by atoms with E-state index in [1.807, 2.05) is 0 Å². The van der Waals surface area contributed by atoms with Crippen LogP contribution in [0.4, 0.5) is 0 Å². The number of benzene rings is 2. The molecule has 22 nitrogen and oxygen atoms in total. The van der Waals surface area contributed by atoms with Gasteiger partial charge in [-0.15, -0.1) is 0 Å². The smallest absolute Gasteiger partial charge is 0.303 e. The van der Waals surface area contributed by atoms with Crippen molar-refractivity contribution in [3.8, 4) is 11.5 Å². The Morgan fingerprint density at radius 1 is 0.406 bits per heavy atom. The van der Waals surface area contributed by atoms with Crippen molar-refractivity contribution in [2.75, 3.05) is 13.2 Å². The maximum absolute atomic E-state index is 12.7. The highest BCUT2D eigenvalue weighted by atomic mass is 16.7. The highest BCUT2D eigenvalue weighted by Crippen LogP contribution is 2.33. The number of rotatable bonds is 20. The van der Waals surface area contributed by atoms with Crippen molar-refractivity contribution >= 4 is 71.5 Å². The summed E-state index contributed by atoms with van der Waals surface area (Å²) in [7, 11) is 0. The van der Waals surface area contributed by atoms with E-state index in [1.54, 1.807) is 24.3 Å². The van der Waals surface area contributed by atoms with Crippen LogP contribution >= 0.6 is 0 Å². The van der Waals surface area contributed by atoms with Crippen LogP contribution in [0.15, 0.2) is 60.7 Å². The summed E-state index contributed by atoms with van der Waals surface area (Å²) < 4.78 is 66.5. The Kier molecular flexibility index (Phi) is 20.1. The summed E-state index contributed by atoms with van der Waals surface area (Å²) in [6, 6.07) is 12.2. The van der Waals surface area contributed by atoms with E-state index in [4.69, 9.17) is 56.8 Å². The summed E-state index contributed by atoms with van der Waals surface area (Å²) in [6.45, 7) is 7.99. The lowest BCUT2D eigenvalue weighted by Gasteiger charge is -2.43. The molecule has 0 spiro atoms. The highest BCUT2D eigenvalue weighted by molar-refractivity contribution is 6.10. The fourth-order valence-corrected chi connectivity index (χ4v) is 6.82. The summed E-state index contributed by atoms with van der Waals surface area (Å²) in [5, 5.41) is 0. The van der Waals surface area contributed by atoms with Gasteiger partial charge in [0.1, 0.15) is 36.9 Å². The van der Waals surface area contributed by atoms with Crippen LogP contribution < -0.4 is 9.47 Å². The first-order valence-electron chi connectivity index (χ1n) is 21.1. The summed E-state index contributed by atoms with van der Waals surface area (Å²) >= 11 is 0. The zero-order valence-electron chi connectivity index (χ0n) is 38.8. The Bertz CT molecular complexity index is 2110. The molecule has 0 aliphatic carbocycles. The summed E-state index contributed by atoms with van der Waals surface area (Å²) in [4.78, 5) is 121. The number of hydrogen-bond acceptors (Lipinski definition) is 22. The topological polar surface area (TPSA) is 281 Å². The summed E-state index contributed by atoms with van der Waals surface area (Å²) in [5.74, 6) is -6.84. The largest absolute Gasteiger partial charge is 0.463 e. The van der Waals surface area contributed by atoms with E-state index in [0.29, 0.717) is 11.1 Å². The molecule has 22 heteroatoms. The lowest BCUT2D eigenvalue weighted by Crippen LogP contribution is -2.63. The zero-order valence-corrected chi connectivity index (χ0v) is 38.8. The van der Waals surface area contributed by atoms with Crippen LogP contribution in [0.2, 0.25) is 0 Å². The Balaban J connectivity index is 1.40. The molecular formula is C47H52O22. The van der Waals surface area contributed by atoms with E-state index < -0.39 is 140 Å². The summed E-state index contributed by atoms with van der Waals surface area (Å²) in [6.07, 6.45) is -8.97. The van der Waals surface area contributed by atoms with Gasteiger partial charge < -0.3 is 56.8 Å². The number of esters is 8. The van der Waals surface area contributed by atoms with Crippen molar-refractivity contribution in [3.63, 3.8) is 0 Å². The first-order chi connectivity index (χ1) is 32.6. The van der Waals surface area contributed by atoms with Gasteiger partial charge in [0.2, 0.25) is 24.8 Å². The van der Waals surface area contributed by atoms with Gasteiger partial charge in [-0.3, -0.25) is 47.9 Å². The van der Waals surface area contributed by atoms with Crippen molar-refractivity contribution in [2.24, 2.45) is 0 Å². The summed E-state index contributed by atoms with van der Waals surface area (Å²) in [5.41, 5.74) is 1.04. The Morgan fingerprint density at radius 3 is 0.986 bits per heavy atom. The van der Waals surface area contributed by atoms with E-state index >= 15 is 0 Å². The van der Waals surface area contributed by atoms with Crippen LogP contribution in [0.3, 0.4) is 0 Å². The van der Waals surface area contributed by atoms with Crippen LogP contribution in [0, 0.1) is 0 Å². The van der Waals surface area contributed by atoms with Crippen LogP contribution in [0.5, 0.6) is 11.5 Å². The third-order valence-electron chi connectivity index (χ3n) is 9.43. The van der Waals surface area contributed by atoms with Crippen LogP contribution in [-0.2, 0) is 95.3 Å². The molecule has 0 radical (unpaired) electrons. The third kappa shape index (κ3) is 17.6. The standard InChI is InChI=1S/C47H52O22/c1-24(48)58-22-38-40(60-26(3)50)42(62-28(5)52)44(64-30(7)54)46(68-38)66-36-17-11-32(12-18-36)9-15-34(56)21-35(57)16-10-33-13-19-37(20-14-33)67-47-45(65-31(8)55)43(63-29(6)53)41(61-27(4)51)39(69-47)23-59-25(2)49/h9-20,38-47H,21-23H2,1-8H3/b15-9+,16-10+/t38-,39-,40-,41-,42+,43+,44-,45-,46-,47-/m1/s1. The second-order valence-corrected chi connectivity index (χ2v) is 15.3. The molecule has 2 saturated heterocycles. The molecule has 0 amide bonds. The van der Waals surface area contributed by atoms with Gasteiger partial charge >= 0.3 is 47.8 Å². The van der Waals surface area contributed by atoms with Crippen molar-refractivity contribution in [3.05, 3.63) is 71.8 Å². The van der Waals surface area contributed by atoms with E-state index in [9.17, 15) is 47.9 Å². The lowest BCUT2D eigenvalue weighted by atomic mass is 9.98. The SMILES string of the molecule is CC(=O)OC[C@H]1O[C@@H](Oc2ccc(/C=C/C(=O)CC(=O)/C=C/c3ccc(O[C@@H]4O[C@H](COC(C)=O)[C@@H](OC(C)=O)[C@H](OC(C)=O)[C@H]4OC(C)=O)cc3)cc2)[C@H](OC(C)=O)[C@@H](OC(C)=O)[C@@H]1OC(C)=O. The van der Waals surface area contributed by atoms with Crippen molar-refractivity contribution in [2.45, 2.75) is 123 Å². The molecular weight excluding hydrogens is 916 g/mol. The van der Waals surface area contributed by atoms with E-state index in [0.717, 1.165) is 55.4 Å². The van der Waals surface area contributed by atoms with Gasteiger partial charge in [-0.1, -0.05) is 36.4 Å². The quantitative estimate of drug-likeness (QED) is 0.0798. The molecule has 2 heterocycles. The van der Waals surface area contributed by atoms with Crippen molar-refractivity contribution in [1.82, 2.24) is 0 Å². The number of carbonyl (C=O) groups is 10. The van der Waals surface area contributed by atoms with Crippen LogP contribution in [0.1, 0.15) is 72.9 Å². The minimum absolute atomic E-state index is 0.167. The fourth-order valence-electron chi connectivity index (χ4n) is 6.82. The fraction of sp³-hybridized carbons (Fsp3) is 0.447. The first kappa shape index (κ1) is 54.1. The monoisotopic (exact) mass is 968 g/mol. The Morgan fingerprint density at radius 2 is 0.696 bits per heavy atom. The molecule has 2 aromatic carbocycles. The molecule has 372 valence electrons. The molecule has 0 bridgehead atoms. The minimum Gasteiger partial charge on any atom is -0.463 e. The number of ether oxygens (including phenoxy) is 12. The maximum atomic E-state index is 12.7. The second-order valence-electron chi connectivity index (χ2n) is 15.3. The number of hydrogen-bond donors (Lipinski definition) is 0. The first-order valence-corrected chi connectivity index (χ1v) is 21.1. The molecule has 0 unspecified atom stereocenters. The van der Waals surface area contributed by atoms with Crippen LogP contribution in [-0.4, -0.2) is 134 Å². The van der Waals surface area contributed by atoms with Crippen molar-refractivity contribution in [1.29, 1.82) is 0 Å². The molecule has 69 heavy (non-hydrogen) atoms. The highest BCUT2D eigenvalue weighted by Gasteiger charge is 2.55.